The number of esters is 1. The van der Waals surface area contributed by atoms with Crippen molar-refractivity contribution in [3.63, 3.8) is 0 Å². The fourth-order valence-electron chi connectivity index (χ4n) is 1.95. The summed E-state index contributed by atoms with van der Waals surface area (Å²) in [6.07, 6.45) is 0.330. The van der Waals surface area contributed by atoms with Gasteiger partial charge in [0.25, 0.3) is 0 Å². The van der Waals surface area contributed by atoms with Gasteiger partial charge in [0.15, 0.2) is 0 Å². The number of hydrogen-bond acceptors (Lipinski definition) is 3. The topological polar surface area (TPSA) is 35.5 Å². The molecule has 0 amide bonds. The zero-order chi connectivity index (χ0) is 10.8. The minimum atomic E-state index is -0.159. The van der Waals surface area contributed by atoms with Gasteiger partial charge in [0, 0.05) is 11.5 Å². The van der Waals surface area contributed by atoms with Gasteiger partial charge in [-0.3, -0.25) is 4.79 Å². The zero-order valence-corrected chi connectivity index (χ0v) is 8.90. The van der Waals surface area contributed by atoms with Crippen LogP contribution in [0.3, 0.4) is 0 Å². The molecule has 1 heterocycles. The fraction of sp³-hybridized carbons (Fsp3) is 0.417. The van der Waals surface area contributed by atoms with Crippen molar-refractivity contribution in [2.24, 2.45) is 5.92 Å². The Morgan fingerprint density at radius 2 is 2.13 bits per heavy atom. The first-order valence-corrected chi connectivity index (χ1v) is 5.04. The van der Waals surface area contributed by atoms with E-state index >= 15 is 0 Å². The van der Waals surface area contributed by atoms with Gasteiger partial charge in [-0.05, 0) is 6.07 Å². The lowest BCUT2D eigenvalue weighted by Gasteiger charge is -2.16. The predicted octanol–water partition coefficient (Wildman–Crippen LogP) is 2.32. The van der Waals surface area contributed by atoms with Gasteiger partial charge < -0.3 is 9.47 Å². The lowest BCUT2D eigenvalue weighted by atomic mass is 9.96. The summed E-state index contributed by atoms with van der Waals surface area (Å²) in [6, 6.07) is 7.66. The molecular formula is C12H14O3. The van der Waals surface area contributed by atoms with Crippen LogP contribution in [0.1, 0.15) is 25.0 Å². The minimum absolute atomic E-state index is 0.126. The van der Waals surface area contributed by atoms with E-state index in [1.54, 1.807) is 7.11 Å². The largest absolute Gasteiger partial charge is 0.496 e. The second kappa shape index (κ2) is 3.93. The highest BCUT2D eigenvalue weighted by atomic mass is 16.6. The van der Waals surface area contributed by atoms with Crippen molar-refractivity contribution in [1.29, 1.82) is 0 Å². The molecule has 0 radical (unpaired) electrons. The van der Waals surface area contributed by atoms with E-state index in [1.807, 2.05) is 31.2 Å². The number of ether oxygens (including phenoxy) is 2. The molecule has 1 saturated heterocycles. The molecule has 1 aliphatic heterocycles. The van der Waals surface area contributed by atoms with Crippen molar-refractivity contribution in [2.75, 3.05) is 7.11 Å². The van der Waals surface area contributed by atoms with Crippen LogP contribution >= 0.6 is 0 Å². The predicted molar refractivity (Wildman–Crippen MR) is 55.6 cm³/mol. The summed E-state index contributed by atoms with van der Waals surface area (Å²) in [4.78, 5) is 11.2. The lowest BCUT2D eigenvalue weighted by Crippen LogP contribution is -2.05. The highest BCUT2D eigenvalue weighted by Gasteiger charge is 2.34. The van der Waals surface area contributed by atoms with Crippen LogP contribution in [0.4, 0.5) is 0 Å². The molecule has 2 atom stereocenters. The number of cyclic esters (lactones) is 1. The van der Waals surface area contributed by atoms with E-state index in [2.05, 4.69) is 0 Å². The molecule has 15 heavy (non-hydrogen) atoms. The van der Waals surface area contributed by atoms with E-state index in [1.165, 1.54) is 0 Å². The fourth-order valence-corrected chi connectivity index (χ4v) is 1.95. The van der Waals surface area contributed by atoms with Crippen molar-refractivity contribution in [3.05, 3.63) is 29.8 Å². The summed E-state index contributed by atoms with van der Waals surface area (Å²) in [5, 5.41) is 0. The first-order valence-electron chi connectivity index (χ1n) is 5.04. The van der Waals surface area contributed by atoms with E-state index in [0.29, 0.717) is 6.42 Å². The van der Waals surface area contributed by atoms with Crippen LogP contribution < -0.4 is 4.74 Å². The smallest absolute Gasteiger partial charge is 0.306 e. The van der Waals surface area contributed by atoms with Crippen LogP contribution in [0.2, 0.25) is 0 Å². The monoisotopic (exact) mass is 206 g/mol. The van der Waals surface area contributed by atoms with Crippen molar-refractivity contribution in [2.45, 2.75) is 19.4 Å². The summed E-state index contributed by atoms with van der Waals surface area (Å²) < 4.78 is 10.5. The molecule has 1 aromatic rings. The summed E-state index contributed by atoms with van der Waals surface area (Å²) in [5.74, 6) is 0.872. The van der Waals surface area contributed by atoms with Crippen LogP contribution in [-0.4, -0.2) is 13.1 Å². The van der Waals surface area contributed by atoms with Crippen LogP contribution in [0.5, 0.6) is 5.75 Å². The summed E-state index contributed by atoms with van der Waals surface area (Å²) in [5.41, 5.74) is 0.957. The molecule has 2 rings (SSSR count). The molecular weight excluding hydrogens is 192 g/mol. The molecule has 0 saturated carbocycles. The molecule has 3 nitrogen and oxygen atoms in total. The summed E-state index contributed by atoms with van der Waals surface area (Å²) in [6.45, 7) is 2.02. The summed E-state index contributed by atoms with van der Waals surface area (Å²) in [7, 11) is 1.63. The van der Waals surface area contributed by atoms with Gasteiger partial charge in [-0.15, -0.1) is 0 Å². The molecule has 0 bridgehead atoms. The maximum Gasteiger partial charge on any atom is 0.306 e. The second-order valence-electron chi connectivity index (χ2n) is 3.83. The van der Waals surface area contributed by atoms with E-state index < -0.39 is 0 Å². The van der Waals surface area contributed by atoms with Crippen LogP contribution in [0, 0.1) is 5.92 Å². The van der Waals surface area contributed by atoms with Crippen molar-refractivity contribution >= 4 is 5.97 Å². The van der Waals surface area contributed by atoms with E-state index in [-0.39, 0.29) is 18.0 Å². The molecule has 3 heteroatoms. The van der Waals surface area contributed by atoms with E-state index in [9.17, 15) is 4.79 Å². The van der Waals surface area contributed by atoms with E-state index in [0.717, 1.165) is 11.3 Å². The van der Waals surface area contributed by atoms with Gasteiger partial charge in [0.1, 0.15) is 11.9 Å². The minimum Gasteiger partial charge on any atom is -0.496 e. The van der Waals surface area contributed by atoms with Gasteiger partial charge in [-0.2, -0.15) is 0 Å². The van der Waals surface area contributed by atoms with Gasteiger partial charge in [0.05, 0.1) is 13.5 Å². The Labute approximate surface area is 89.0 Å². The number of hydrogen-bond donors (Lipinski definition) is 0. The third-order valence-corrected chi connectivity index (χ3v) is 2.71. The number of rotatable bonds is 2. The van der Waals surface area contributed by atoms with Gasteiger partial charge >= 0.3 is 5.97 Å². The quantitative estimate of drug-likeness (QED) is 0.696. The highest BCUT2D eigenvalue weighted by molar-refractivity contribution is 5.72. The van der Waals surface area contributed by atoms with Crippen LogP contribution in [0.15, 0.2) is 24.3 Å². The maximum absolute atomic E-state index is 11.2. The third kappa shape index (κ3) is 1.82. The molecule has 0 spiro atoms. The Kier molecular flexibility index (Phi) is 2.62. The standard InChI is InChI=1S/C12H14O3/c1-8-7-11(13)15-12(8)9-5-3-4-6-10(9)14-2/h3-6,8,12H,7H2,1-2H3/t8-,12-/m1/s1. The first kappa shape index (κ1) is 10.0. The van der Waals surface area contributed by atoms with Crippen LogP contribution in [-0.2, 0) is 9.53 Å². The molecule has 1 aliphatic rings. The molecule has 1 aromatic carbocycles. The normalized spacial score (nSPS) is 25.1. The van der Waals surface area contributed by atoms with Gasteiger partial charge in [0.2, 0.25) is 0 Å². The number of carbonyl (C=O) groups excluding carboxylic acids is 1. The SMILES string of the molecule is COc1ccccc1[C@@H]1OC(=O)C[C@H]1C. The average molecular weight is 206 g/mol. The number of carbonyl (C=O) groups is 1. The molecule has 0 N–H and O–H groups in total. The highest BCUT2D eigenvalue weighted by Crippen LogP contribution is 2.38. The molecule has 80 valence electrons. The van der Waals surface area contributed by atoms with Crippen molar-refractivity contribution < 1.29 is 14.3 Å². The molecule has 1 fully saturated rings. The Hall–Kier alpha value is -1.51. The first-order chi connectivity index (χ1) is 7.22. The van der Waals surface area contributed by atoms with Crippen molar-refractivity contribution in [1.82, 2.24) is 0 Å². The zero-order valence-electron chi connectivity index (χ0n) is 8.90. The molecule has 0 aromatic heterocycles. The average Bonchev–Trinajstić information content (AvgIpc) is 2.57. The maximum atomic E-state index is 11.2. The number of benzene rings is 1. The third-order valence-electron chi connectivity index (χ3n) is 2.71. The van der Waals surface area contributed by atoms with Crippen molar-refractivity contribution in [3.8, 4) is 5.75 Å². The number of methoxy groups -OCH3 is 1. The Bertz CT molecular complexity index is 373. The van der Waals surface area contributed by atoms with E-state index in [4.69, 9.17) is 9.47 Å². The molecule has 0 aliphatic carbocycles. The van der Waals surface area contributed by atoms with Gasteiger partial charge in [-0.25, -0.2) is 0 Å². The number of para-hydroxylation sites is 1. The van der Waals surface area contributed by atoms with Gasteiger partial charge in [-0.1, -0.05) is 25.1 Å². The Morgan fingerprint density at radius 1 is 1.40 bits per heavy atom. The Morgan fingerprint density at radius 3 is 2.73 bits per heavy atom. The Balaban J connectivity index is 2.32. The lowest BCUT2D eigenvalue weighted by molar-refractivity contribution is -0.141. The molecule has 0 unspecified atom stereocenters. The second-order valence-corrected chi connectivity index (χ2v) is 3.83. The summed E-state index contributed by atoms with van der Waals surface area (Å²) >= 11 is 0. The van der Waals surface area contributed by atoms with Crippen LogP contribution in [0.25, 0.3) is 0 Å².